The van der Waals surface area contributed by atoms with E-state index in [1.54, 1.807) is 19.1 Å². The van der Waals surface area contributed by atoms with Gasteiger partial charge in [-0.05, 0) is 31.0 Å². The minimum Gasteiger partial charge on any atom is -0.431 e. The molecule has 12 heteroatoms. The van der Waals surface area contributed by atoms with Crippen LogP contribution in [-0.2, 0) is 16.4 Å². The third kappa shape index (κ3) is 5.27. The quantitative estimate of drug-likeness (QED) is 0.506. The Morgan fingerprint density at radius 1 is 1.14 bits per heavy atom. The minimum absolute atomic E-state index is 0.0128. The molecule has 0 aliphatic rings. The first-order valence-corrected chi connectivity index (χ1v) is 9.87. The van der Waals surface area contributed by atoms with Gasteiger partial charge in [-0.3, -0.25) is 14.9 Å². The summed E-state index contributed by atoms with van der Waals surface area (Å²) in [6.45, 7) is 1.92. The van der Waals surface area contributed by atoms with Crippen molar-refractivity contribution < 1.29 is 26.9 Å². The number of amides is 2. The lowest BCUT2D eigenvalue weighted by molar-refractivity contribution is 0.0947. The van der Waals surface area contributed by atoms with Crippen LogP contribution in [0.4, 0.5) is 6.01 Å². The molecule has 0 atom stereocenters. The van der Waals surface area contributed by atoms with E-state index in [9.17, 15) is 18.0 Å². The molecule has 0 bridgehead atoms. The van der Waals surface area contributed by atoms with Crippen molar-refractivity contribution in [1.82, 2.24) is 15.5 Å². The maximum absolute atomic E-state index is 12.1. The Balaban J connectivity index is 1.50. The van der Waals surface area contributed by atoms with E-state index in [1.807, 2.05) is 0 Å². The third-order valence-electron chi connectivity index (χ3n) is 3.77. The van der Waals surface area contributed by atoms with Crippen LogP contribution in [0.25, 0.3) is 0 Å². The lowest BCUT2D eigenvalue weighted by Crippen LogP contribution is -2.26. The van der Waals surface area contributed by atoms with Crippen LogP contribution in [0.5, 0.6) is 0 Å². The number of hydrogen-bond donors (Lipinski definition) is 3. The van der Waals surface area contributed by atoms with E-state index in [2.05, 4.69) is 20.8 Å². The molecular formula is C17H17N5O6S. The normalized spacial score (nSPS) is 11.2. The predicted octanol–water partition coefficient (Wildman–Crippen LogP) is 0.843. The van der Waals surface area contributed by atoms with Gasteiger partial charge in [0.05, 0.1) is 4.90 Å². The number of aromatic nitrogens is 2. The number of anilines is 1. The fraction of sp³-hybridized carbons (Fsp3) is 0.176. The average molecular weight is 419 g/mol. The molecule has 0 spiro atoms. The van der Waals surface area contributed by atoms with Gasteiger partial charge in [0.2, 0.25) is 10.0 Å². The number of primary sulfonamides is 1. The number of oxazole rings is 1. The average Bonchev–Trinajstić information content (AvgIpc) is 3.30. The molecular weight excluding hydrogens is 402 g/mol. The van der Waals surface area contributed by atoms with Crippen LogP contribution in [0.2, 0.25) is 0 Å². The molecule has 4 N–H and O–H groups in total. The number of sulfonamides is 1. The number of aryl methyl sites for hydroxylation is 1. The molecule has 0 aliphatic heterocycles. The molecule has 11 nitrogen and oxygen atoms in total. The largest absolute Gasteiger partial charge is 0.431 e. The molecule has 3 rings (SSSR count). The lowest BCUT2D eigenvalue weighted by Gasteiger charge is -2.04. The van der Waals surface area contributed by atoms with Crippen LogP contribution in [0.3, 0.4) is 0 Å². The number of nitrogens with two attached hydrogens (primary N) is 1. The summed E-state index contributed by atoms with van der Waals surface area (Å²) in [4.78, 5) is 28.0. The molecule has 0 saturated carbocycles. The molecule has 0 fully saturated rings. The molecule has 0 aliphatic carbocycles. The first kappa shape index (κ1) is 20.2. The number of carbonyl (C=O) groups excluding carboxylic acids is 2. The Morgan fingerprint density at radius 2 is 1.86 bits per heavy atom. The highest BCUT2D eigenvalue weighted by molar-refractivity contribution is 7.89. The van der Waals surface area contributed by atoms with Crippen LogP contribution in [-0.4, -0.2) is 36.9 Å². The summed E-state index contributed by atoms with van der Waals surface area (Å²) < 4.78 is 32.3. The number of rotatable bonds is 7. The minimum atomic E-state index is -3.74. The maximum atomic E-state index is 12.1. The van der Waals surface area contributed by atoms with Crippen molar-refractivity contribution in [1.29, 1.82) is 0 Å². The molecule has 2 amide bonds. The van der Waals surface area contributed by atoms with Gasteiger partial charge in [-0.15, -0.1) is 0 Å². The first-order valence-electron chi connectivity index (χ1n) is 8.32. The van der Waals surface area contributed by atoms with Crippen molar-refractivity contribution in [3.05, 3.63) is 59.3 Å². The van der Waals surface area contributed by atoms with Crippen LogP contribution < -0.4 is 15.8 Å². The zero-order valence-corrected chi connectivity index (χ0v) is 16.0. The van der Waals surface area contributed by atoms with Gasteiger partial charge in [0, 0.05) is 12.6 Å². The van der Waals surface area contributed by atoms with Gasteiger partial charge in [-0.1, -0.05) is 17.3 Å². The second kappa shape index (κ2) is 8.24. The number of nitrogens with zero attached hydrogens (tertiary/aromatic N) is 2. The number of benzene rings is 1. The van der Waals surface area contributed by atoms with Crippen molar-refractivity contribution >= 4 is 27.9 Å². The molecule has 2 aromatic heterocycles. The molecule has 0 saturated heterocycles. The summed E-state index contributed by atoms with van der Waals surface area (Å²) in [5, 5.41) is 13.6. The van der Waals surface area contributed by atoms with Gasteiger partial charge >= 0.3 is 6.01 Å². The zero-order valence-electron chi connectivity index (χ0n) is 15.2. The van der Waals surface area contributed by atoms with Crippen molar-refractivity contribution in [2.24, 2.45) is 5.14 Å². The van der Waals surface area contributed by atoms with Crippen LogP contribution in [0, 0.1) is 6.92 Å². The highest BCUT2D eigenvalue weighted by Gasteiger charge is 2.16. The first-order chi connectivity index (χ1) is 13.7. The van der Waals surface area contributed by atoms with E-state index in [-0.39, 0.29) is 28.8 Å². The summed E-state index contributed by atoms with van der Waals surface area (Å²) in [6.07, 6.45) is 1.57. The summed E-state index contributed by atoms with van der Waals surface area (Å²) in [5.74, 6) is -0.604. The molecule has 1 aromatic carbocycles. The molecule has 0 unspecified atom stereocenters. The highest BCUT2D eigenvalue weighted by Crippen LogP contribution is 2.11. The van der Waals surface area contributed by atoms with Crippen molar-refractivity contribution in [3.8, 4) is 0 Å². The van der Waals surface area contributed by atoms with E-state index in [1.165, 1.54) is 18.2 Å². The molecule has 2 heterocycles. The second-order valence-corrected chi connectivity index (χ2v) is 7.57. The van der Waals surface area contributed by atoms with Crippen molar-refractivity contribution in [3.63, 3.8) is 0 Å². The van der Waals surface area contributed by atoms with E-state index >= 15 is 0 Å². The van der Waals surface area contributed by atoms with Crippen LogP contribution >= 0.6 is 0 Å². The van der Waals surface area contributed by atoms with Gasteiger partial charge in [0.1, 0.15) is 12.0 Å². The Morgan fingerprint density at radius 3 is 2.48 bits per heavy atom. The highest BCUT2D eigenvalue weighted by atomic mass is 32.2. The van der Waals surface area contributed by atoms with Gasteiger partial charge in [-0.25, -0.2) is 13.6 Å². The SMILES string of the molecule is Cc1cc(C(=O)Nc2nc(C(=O)NCCc3ccc(S(N)(=O)=O)cc3)co2)no1. The van der Waals surface area contributed by atoms with E-state index < -0.39 is 21.8 Å². The summed E-state index contributed by atoms with van der Waals surface area (Å²) in [6, 6.07) is 7.31. The Bertz CT molecular complexity index is 1130. The fourth-order valence-corrected chi connectivity index (χ4v) is 2.84. The summed E-state index contributed by atoms with van der Waals surface area (Å²) in [5.41, 5.74) is 0.857. The standard InChI is InChI=1S/C17H17N5O6S/c1-10-8-13(22-28-10)16(24)21-17-20-14(9-27-17)15(23)19-7-6-11-2-4-12(5-3-11)29(18,25)26/h2-5,8-9H,6-7H2,1H3,(H,19,23)(H2,18,25,26)(H,20,21,24). The lowest BCUT2D eigenvalue weighted by atomic mass is 10.1. The molecule has 29 heavy (non-hydrogen) atoms. The maximum Gasteiger partial charge on any atom is 0.302 e. The number of nitrogens with one attached hydrogen (secondary N) is 2. The topological polar surface area (TPSA) is 170 Å². The second-order valence-electron chi connectivity index (χ2n) is 6.01. The third-order valence-corrected chi connectivity index (χ3v) is 4.70. The van der Waals surface area contributed by atoms with Gasteiger partial charge < -0.3 is 14.3 Å². The van der Waals surface area contributed by atoms with Gasteiger partial charge in [-0.2, -0.15) is 4.98 Å². The predicted molar refractivity (Wildman–Crippen MR) is 99.5 cm³/mol. The van der Waals surface area contributed by atoms with Crippen molar-refractivity contribution in [2.45, 2.75) is 18.2 Å². The molecule has 3 aromatic rings. The van der Waals surface area contributed by atoms with Gasteiger partial charge in [0.15, 0.2) is 11.4 Å². The van der Waals surface area contributed by atoms with E-state index in [0.717, 1.165) is 11.8 Å². The Kier molecular flexibility index (Phi) is 5.75. The van der Waals surface area contributed by atoms with Crippen LogP contribution in [0.15, 0.2) is 50.4 Å². The van der Waals surface area contributed by atoms with Crippen molar-refractivity contribution in [2.75, 3.05) is 11.9 Å². The molecule has 0 radical (unpaired) electrons. The zero-order chi connectivity index (χ0) is 21.0. The molecule has 152 valence electrons. The summed E-state index contributed by atoms with van der Waals surface area (Å²) in [7, 11) is -3.74. The number of hydrogen-bond acceptors (Lipinski definition) is 8. The van der Waals surface area contributed by atoms with E-state index in [0.29, 0.717) is 12.2 Å². The van der Waals surface area contributed by atoms with E-state index in [4.69, 9.17) is 14.1 Å². The van der Waals surface area contributed by atoms with Crippen LogP contribution in [0.1, 0.15) is 32.3 Å². The Labute approximate surface area is 165 Å². The fourth-order valence-electron chi connectivity index (χ4n) is 2.33. The monoisotopic (exact) mass is 419 g/mol. The Hall–Kier alpha value is -3.51. The number of carbonyl (C=O) groups is 2. The summed E-state index contributed by atoms with van der Waals surface area (Å²) >= 11 is 0. The van der Waals surface area contributed by atoms with Gasteiger partial charge in [0.25, 0.3) is 11.8 Å². The smallest absolute Gasteiger partial charge is 0.302 e.